The Hall–Kier alpha value is -1.46. The van der Waals surface area contributed by atoms with Gasteiger partial charge in [-0.05, 0) is 12.1 Å². The smallest absolute Gasteiger partial charge is 0.254 e. The van der Waals surface area contributed by atoms with E-state index in [0.717, 1.165) is 0 Å². The van der Waals surface area contributed by atoms with Crippen molar-refractivity contribution in [3.8, 4) is 0 Å². The third-order valence-electron chi connectivity index (χ3n) is 2.78. The van der Waals surface area contributed by atoms with Gasteiger partial charge in [-0.2, -0.15) is 0 Å². The van der Waals surface area contributed by atoms with E-state index in [1.54, 1.807) is 6.07 Å². The summed E-state index contributed by atoms with van der Waals surface area (Å²) in [5.74, 6) is -1.09. The zero-order valence-electron chi connectivity index (χ0n) is 9.28. The third-order valence-corrected chi connectivity index (χ3v) is 2.78. The maximum Gasteiger partial charge on any atom is 0.254 e. The first kappa shape index (κ1) is 12.0. The van der Waals surface area contributed by atoms with Crippen LogP contribution in [-0.2, 0) is 4.74 Å². The maximum atomic E-state index is 13.3. The summed E-state index contributed by atoms with van der Waals surface area (Å²) in [5, 5.41) is 12.4. The van der Waals surface area contributed by atoms with Crippen LogP contribution in [-0.4, -0.2) is 36.4 Å². The topological polar surface area (TPSA) is 58.6 Å². The normalized spacial score (nSPS) is 23.6. The van der Waals surface area contributed by atoms with Crippen LogP contribution in [0, 0.1) is 5.82 Å². The fourth-order valence-corrected chi connectivity index (χ4v) is 1.72. The van der Waals surface area contributed by atoms with E-state index in [1.165, 1.54) is 18.2 Å². The van der Waals surface area contributed by atoms with Crippen molar-refractivity contribution < 1.29 is 19.0 Å². The molecule has 92 valence electrons. The molecule has 4 nitrogen and oxygen atoms in total. The Labute approximate surface area is 98.4 Å². The lowest BCUT2D eigenvalue weighted by atomic mass is 10.0. The summed E-state index contributed by atoms with van der Waals surface area (Å²) in [4.78, 5) is 11.7. The van der Waals surface area contributed by atoms with E-state index in [-0.39, 0.29) is 18.7 Å². The van der Waals surface area contributed by atoms with Gasteiger partial charge in [-0.15, -0.1) is 0 Å². The molecule has 1 atom stereocenters. The highest BCUT2D eigenvalue weighted by Crippen LogP contribution is 2.17. The molecule has 1 heterocycles. The van der Waals surface area contributed by atoms with Crippen molar-refractivity contribution >= 4 is 5.91 Å². The Kier molecular flexibility index (Phi) is 3.40. The van der Waals surface area contributed by atoms with Crippen LogP contribution in [0.5, 0.6) is 0 Å². The molecule has 0 aromatic heterocycles. The molecule has 0 saturated carbocycles. The third kappa shape index (κ3) is 2.81. The Morgan fingerprint density at radius 1 is 1.53 bits per heavy atom. The molecule has 1 amide bonds. The number of hydrogen-bond donors (Lipinski definition) is 2. The second kappa shape index (κ2) is 4.81. The molecule has 0 aliphatic carbocycles. The molecule has 2 N–H and O–H groups in total. The zero-order chi connectivity index (χ0) is 12.3. The molecular formula is C12H14FNO3. The van der Waals surface area contributed by atoms with Gasteiger partial charge in [-0.3, -0.25) is 4.79 Å². The second-order valence-electron chi connectivity index (χ2n) is 4.19. The molecule has 1 aromatic rings. The molecule has 2 rings (SSSR count). The van der Waals surface area contributed by atoms with E-state index in [4.69, 9.17) is 4.74 Å². The van der Waals surface area contributed by atoms with E-state index in [9.17, 15) is 14.3 Å². The van der Waals surface area contributed by atoms with Crippen LogP contribution in [0.4, 0.5) is 4.39 Å². The van der Waals surface area contributed by atoms with Crippen molar-refractivity contribution in [2.75, 3.05) is 19.8 Å². The number of amides is 1. The van der Waals surface area contributed by atoms with Crippen LogP contribution in [0.15, 0.2) is 24.3 Å². The van der Waals surface area contributed by atoms with Gasteiger partial charge in [0.05, 0.1) is 12.2 Å². The van der Waals surface area contributed by atoms with Crippen LogP contribution in [0.3, 0.4) is 0 Å². The highest BCUT2D eigenvalue weighted by Gasteiger charge is 2.32. The number of hydrogen-bond acceptors (Lipinski definition) is 3. The standard InChI is InChI=1S/C12H14FNO3/c13-10-4-2-1-3-9(10)11(15)14-7-12(16)5-6-17-8-12/h1-4,16H,5-8H2,(H,14,15). The first-order valence-electron chi connectivity index (χ1n) is 5.44. The van der Waals surface area contributed by atoms with Gasteiger partial charge in [-0.25, -0.2) is 4.39 Å². The molecule has 1 aliphatic heterocycles. The molecule has 0 radical (unpaired) electrons. The van der Waals surface area contributed by atoms with Crippen molar-refractivity contribution in [3.05, 3.63) is 35.6 Å². The summed E-state index contributed by atoms with van der Waals surface area (Å²) in [6.07, 6.45) is 0.477. The lowest BCUT2D eigenvalue weighted by Gasteiger charge is -2.20. The van der Waals surface area contributed by atoms with E-state index in [1.807, 2.05) is 0 Å². The van der Waals surface area contributed by atoms with Crippen molar-refractivity contribution in [1.82, 2.24) is 5.32 Å². The lowest BCUT2D eigenvalue weighted by Crippen LogP contribution is -2.43. The molecule has 0 spiro atoms. The Bertz CT molecular complexity index is 416. The van der Waals surface area contributed by atoms with Gasteiger partial charge in [0.15, 0.2) is 0 Å². The van der Waals surface area contributed by atoms with E-state index in [2.05, 4.69) is 5.32 Å². The minimum Gasteiger partial charge on any atom is -0.386 e. The van der Waals surface area contributed by atoms with E-state index in [0.29, 0.717) is 13.0 Å². The van der Waals surface area contributed by atoms with Crippen LogP contribution in [0.25, 0.3) is 0 Å². The Morgan fingerprint density at radius 3 is 2.94 bits per heavy atom. The fourth-order valence-electron chi connectivity index (χ4n) is 1.72. The van der Waals surface area contributed by atoms with Gasteiger partial charge in [0.25, 0.3) is 5.91 Å². The SMILES string of the molecule is O=C(NCC1(O)CCOC1)c1ccccc1F. The molecule has 1 saturated heterocycles. The molecule has 0 bridgehead atoms. The highest BCUT2D eigenvalue weighted by atomic mass is 19.1. The lowest BCUT2D eigenvalue weighted by molar-refractivity contribution is 0.0264. The molecule has 1 aliphatic rings. The number of benzene rings is 1. The van der Waals surface area contributed by atoms with Gasteiger partial charge in [0.1, 0.15) is 11.4 Å². The monoisotopic (exact) mass is 239 g/mol. The molecule has 1 unspecified atom stereocenters. The highest BCUT2D eigenvalue weighted by molar-refractivity contribution is 5.94. The van der Waals surface area contributed by atoms with Crippen molar-refractivity contribution in [2.24, 2.45) is 0 Å². The van der Waals surface area contributed by atoms with Gasteiger partial charge in [-0.1, -0.05) is 12.1 Å². The van der Waals surface area contributed by atoms with Gasteiger partial charge < -0.3 is 15.2 Å². The maximum absolute atomic E-state index is 13.3. The summed E-state index contributed by atoms with van der Waals surface area (Å²) in [7, 11) is 0. The van der Waals surface area contributed by atoms with Crippen LogP contribution >= 0.6 is 0 Å². The summed E-state index contributed by atoms with van der Waals surface area (Å²) in [6, 6.07) is 5.73. The molecule has 1 fully saturated rings. The number of ether oxygens (including phenoxy) is 1. The van der Waals surface area contributed by atoms with Gasteiger partial charge in [0.2, 0.25) is 0 Å². The van der Waals surface area contributed by atoms with Crippen molar-refractivity contribution in [3.63, 3.8) is 0 Å². The number of nitrogens with one attached hydrogen (secondary N) is 1. The second-order valence-corrected chi connectivity index (χ2v) is 4.19. The average molecular weight is 239 g/mol. The average Bonchev–Trinajstić information content (AvgIpc) is 2.74. The quantitative estimate of drug-likeness (QED) is 0.816. The number of carbonyl (C=O) groups is 1. The minimum absolute atomic E-state index is 0.0185. The van der Waals surface area contributed by atoms with E-state index >= 15 is 0 Å². The summed E-state index contributed by atoms with van der Waals surface area (Å²) in [6.45, 7) is 0.747. The predicted molar refractivity (Wildman–Crippen MR) is 59.1 cm³/mol. The Morgan fingerprint density at radius 2 is 2.29 bits per heavy atom. The van der Waals surface area contributed by atoms with Crippen molar-refractivity contribution in [1.29, 1.82) is 0 Å². The largest absolute Gasteiger partial charge is 0.386 e. The number of rotatable bonds is 3. The Balaban J connectivity index is 1.96. The van der Waals surface area contributed by atoms with Crippen LogP contribution < -0.4 is 5.32 Å². The number of halogens is 1. The molecule has 1 aromatic carbocycles. The van der Waals surface area contributed by atoms with Crippen LogP contribution in [0.2, 0.25) is 0 Å². The minimum atomic E-state index is -1.03. The van der Waals surface area contributed by atoms with Crippen molar-refractivity contribution in [2.45, 2.75) is 12.0 Å². The van der Waals surface area contributed by atoms with Crippen LogP contribution in [0.1, 0.15) is 16.8 Å². The first-order chi connectivity index (χ1) is 8.11. The van der Waals surface area contributed by atoms with Gasteiger partial charge >= 0.3 is 0 Å². The molecular weight excluding hydrogens is 225 g/mol. The molecule has 17 heavy (non-hydrogen) atoms. The summed E-state index contributed by atoms with van der Waals surface area (Å²) in [5.41, 5.74) is -1.05. The van der Waals surface area contributed by atoms with E-state index < -0.39 is 17.3 Å². The molecule has 5 heteroatoms. The fraction of sp³-hybridized carbons (Fsp3) is 0.417. The predicted octanol–water partition coefficient (Wildman–Crippen LogP) is 0.707. The summed E-state index contributed by atoms with van der Waals surface area (Å²) < 4.78 is 18.3. The first-order valence-corrected chi connectivity index (χ1v) is 5.44. The zero-order valence-corrected chi connectivity index (χ0v) is 9.28. The number of carbonyl (C=O) groups excluding carboxylic acids is 1. The van der Waals surface area contributed by atoms with Gasteiger partial charge in [0, 0.05) is 19.6 Å². The summed E-state index contributed by atoms with van der Waals surface area (Å²) >= 11 is 0. The number of aliphatic hydroxyl groups is 1.